The number of ketones is 1. The van der Waals surface area contributed by atoms with Crippen LogP contribution in [0, 0.1) is 0 Å². The van der Waals surface area contributed by atoms with Gasteiger partial charge in [-0.15, -0.1) is 0 Å². The largest absolute Gasteiger partial charge is 0.507 e. The Kier molecular flexibility index (Phi) is 3.19. The topological polar surface area (TPSA) is 54.4 Å². The van der Waals surface area contributed by atoms with E-state index >= 15 is 0 Å². The van der Waals surface area contributed by atoms with Gasteiger partial charge >= 0.3 is 0 Å². The molecule has 0 bridgehead atoms. The van der Waals surface area contributed by atoms with Crippen LogP contribution in [0.4, 0.5) is 0 Å². The van der Waals surface area contributed by atoms with E-state index in [4.69, 9.17) is 0 Å². The lowest BCUT2D eigenvalue weighted by molar-refractivity contribution is 0.101. The van der Waals surface area contributed by atoms with E-state index in [-0.39, 0.29) is 28.0 Å². The van der Waals surface area contributed by atoms with E-state index in [1.807, 2.05) is 0 Å². The Bertz CT molecular complexity index is 347. The van der Waals surface area contributed by atoms with Crippen molar-refractivity contribution >= 4 is 28.0 Å². The molecule has 0 amide bonds. The van der Waals surface area contributed by atoms with E-state index in [1.165, 1.54) is 18.2 Å². The number of benzene rings is 1. The number of hydrogen-bond acceptors (Lipinski definition) is 3. The van der Waals surface area contributed by atoms with Crippen LogP contribution in [-0.2, 0) is 0 Å². The Hall–Kier alpha value is -1.16. The number of hydrogen-bond donors (Lipinski definition) is 1. The number of phenolic OH excluding ortho intramolecular Hbond substituents is 1. The van der Waals surface area contributed by atoms with Crippen molar-refractivity contribution in [1.82, 2.24) is 0 Å². The Morgan fingerprint density at radius 2 is 2.23 bits per heavy atom. The van der Waals surface area contributed by atoms with Crippen molar-refractivity contribution < 1.29 is 14.7 Å². The van der Waals surface area contributed by atoms with Gasteiger partial charge in [0.15, 0.2) is 12.1 Å². The van der Waals surface area contributed by atoms with Crippen molar-refractivity contribution in [3.05, 3.63) is 29.3 Å². The number of alkyl halides is 1. The lowest BCUT2D eigenvalue weighted by Crippen LogP contribution is -2.04. The number of carbonyl (C=O) groups excluding carboxylic acids is 2. The molecule has 0 radical (unpaired) electrons. The van der Waals surface area contributed by atoms with E-state index in [9.17, 15) is 14.7 Å². The maximum Gasteiger partial charge on any atom is 0.177 e. The van der Waals surface area contributed by atoms with Gasteiger partial charge in [0.1, 0.15) is 5.75 Å². The molecule has 0 aliphatic carbocycles. The van der Waals surface area contributed by atoms with Crippen LogP contribution in [-0.4, -0.2) is 22.5 Å². The number of Topliss-reactive ketones (excluding diaryl/α,β-unsaturated/α-hetero) is 1. The van der Waals surface area contributed by atoms with Gasteiger partial charge in [-0.25, -0.2) is 0 Å². The van der Waals surface area contributed by atoms with E-state index in [0.717, 1.165) is 0 Å². The zero-order valence-corrected chi connectivity index (χ0v) is 8.24. The first-order valence-corrected chi connectivity index (χ1v) is 4.69. The zero-order chi connectivity index (χ0) is 9.84. The normalized spacial score (nSPS) is 9.62. The molecule has 0 fully saturated rings. The third kappa shape index (κ3) is 1.95. The van der Waals surface area contributed by atoms with Crippen molar-refractivity contribution in [3.63, 3.8) is 0 Å². The number of halogens is 1. The molecule has 0 atom stereocenters. The lowest BCUT2D eigenvalue weighted by Gasteiger charge is -2.03. The van der Waals surface area contributed by atoms with Gasteiger partial charge in [0, 0.05) is 5.56 Å². The fraction of sp³-hybridized carbons (Fsp3) is 0.111. The monoisotopic (exact) mass is 242 g/mol. The van der Waals surface area contributed by atoms with Crippen LogP contribution in [0.15, 0.2) is 18.2 Å². The fourth-order valence-electron chi connectivity index (χ4n) is 1.03. The van der Waals surface area contributed by atoms with E-state index in [1.54, 1.807) is 0 Å². The predicted molar refractivity (Wildman–Crippen MR) is 51.6 cm³/mol. The minimum absolute atomic E-state index is 0.0781. The van der Waals surface area contributed by atoms with Gasteiger partial charge in [-0.2, -0.15) is 0 Å². The summed E-state index contributed by atoms with van der Waals surface area (Å²) >= 11 is 2.97. The molecule has 4 heteroatoms. The van der Waals surface area contributed by atoms with Gasteiger partial charge in [-0.05, 0) is 6.07 Å². The summed E-state index contributed by atoms with van der Waals surface area (Å²) in [5.74, 6) is -0.464. The van der Waals surface area contributed by atoms with Gasteiger partial charge in [0.25, 0.3) is 0 Å². The molecule has 0 spiro atoms. The van der Waals surface area contributed by atoms with Crippen LogP contribution >= 0.6 is 15.9 Å². The molecule has 1 N–H and O–H groups in total. The summed E-state index contributed by atoms with van der Waals surface area (Å²) in [4.78, 5) is 21.8. The molecule has 1 rings (SSSR count). The summed E-state index contributed by atoms with van der Waals surface area (Å²) in [5, 5.41) is 9.41. The highest BCUT2D eigenvalue weighted by molar-refractivity contribution is 9.09. The molecular weight excluding hydrogens is 236 g/mol. The molecule has 1 aromatic carbocycles. The number of phenols is 1. The molecule has 1 aromatic rings. The maximum atomic E-state index is 11.2. The van der Waals surface area contributed by atoms with Crippen LogP contribution in [0.5, 0.6) is 5.75 Å². The van der Waals surface area contributed by atoms with Crippen LogP contribution in [0.1, 0.15) is 20.7 Å². The van der Waals surface area contributed by atoms with E-state index < -0.39 is 0 Å². The van der Waals surface area contributed by atoms with Crippen molar-refractivity contribution in [2.45, 2.75) is 0 Å². The van der Waals surface area contributed by atoms with Gasteiger partial charge in [-0.1, -0.05) is 28.1 Å². The summed E-state index contributed by atoms with van der Waals surface area (Å²) in [7, 11) is 0. The van der Waals surface area contributed by atoms with E-state index in [2.05, 4.69) is 15.9 Å². The molecule has 0 unspecified atom stereocenters. The molecule has 0 heterocycles. The Labute approximate surface area is 83.5 Å². The summed E-state index contributed by atoms with van der Waals surface area (Å²) < 4.78 is 0. The second kappa shape index (κ2) is 4.18. The maximum absolute atomic E-state index is 11.2. The highest BCUT2D eigenvalue weighted by Crippen LogP contribution is 2.20. The lowest BCUT2D eigenvalue weighted by atomic mass is 10.0. The number of carbonyl (C=O) groups is 2. The molecule has 0 aromatic heterocycles. The smallest absolute Gasteiger partial charge is 0.177 e. The standard InChI is InChI=1S/C9H7BrO3/c10-4-8(13)9-6(5-11)2-1-3-7(9)12/h1-3,5,12H,4H2. The second-order valence-corrected chi connectivity index (χ2v) is 2.98. The molecule has 0 aliphatic heterocycles. The fourth-order valence-corrected chi connectivity index (χ4v) is 1.31. The van der Waals surface area contributed by atoms with Crippen LogP contribution in [0.25, 0.3) is 0 Å². The van der Waals surface area contributed by atoms with Crippen molar-refractivity contribution in [1.29, 1.82) is 0 Å². The van der Waals surface area contributed by atoms with E-state index in [0.29, 0.717) is 6.29 Å². The number of aromatic hydroxyl groups is 1. The number of rotatable bonds is 3. The van der Waals surface area contributed by atoms with Gasteiger partial charge in [0.05, 0.1) is 10.9 Å². The minimum atomic E-state index is -0.305. The molecule has 0 saturated heterocycles. The summed E-state index contributed by atoms with van der Waals surface area (Å²) in [6, 6.07) is 4.38. The SMILES string of the molecule is O=Cc1cccc(O)c1C(=O)CBr. The van der Waals surface area contributed by atoms with Gasteiger partial charge in [0.2, 0.25) is 0 Å². The minimum Gasteiger partial charge on any atom is -0.507 e. The van der Waals surface area contributed by atoms with Crippen LogP contribution < -0.4 is 0 Å². The first-order chi connectivity index (χ1) is 6.20. The summed E-state index contributed by atoms with van der Waals surface area (Å²) in [5.41, 5.74) is 0.291. The third-order valence-electron chi connectivity index (χ3n) is 1.60. The summed E-state index contributed by atoms with van der Waals surface area (Å²) in [6.07, 6.45) is 0.551. The van der Waals surface area contributed by atoms with Gasteiger partial charge in [-0.3, -0.25) is 9.59 Å². The molecule has 0 aliphatic rings. The molecule has 13 heavy (non-hydrogen) atoms. The highest BCUT2D eigenvalue weighted by atomic mass is 79.9. The average Bonchev–Trinajstić information content (AvgIpc) is 2.16. The molecule has 0 saturated carbocycles. The van der Waals surface area contributed by atoms with Crippen LogP contribution in [0.2, 0.25) is 0 Å². The Morgan fingerprint density at radius 1 is 1.54 bits per heavy atom. The Morgan fingerprint density at radius 3 is 2.77 bits per heavy atom. The second-order valence-electron chi connectivity index (χ2n) is 2.42. The van der Waals surface area contributed by atoms with Crippen molar-refractivity contribution in [3.8, 4) is 5.75 Å². The van der Waals surface area contributed by atoms with Crippen molar-refractivity contribution in [2.24, 2.45) is 0 Å². The van der Waals surface area contributed by atoms with Crippen LogP contribution in [0.3, 0.4) is 0 Å². The quantitative estimate of drug-likeness (QED) is 0.500. The summed E-state index contributed by atoms with van der Waals surface area (Å²) in [6.45, 7) is 0. The first-order valence-electron chi connectivity index (χ1n) is 3.57. The van der Waals surface area contributed by atoms with Crippen molar-refractivity contribution in [2.75, 3.05) is 5.33 Å². The van der Waals surface area contributed by atoms with Gasteiger partial charge < -0.3 is 5.11 Å². The Balaban J connectivity index is 3.30. The average molecular weight is 243 g/mol. The first kappa shape index (κ1) is 9.92. The molecular formula is C9H7BrO3. The number of aldehydes is 1. The predicted octanol–water partition coefficient (Wildman–Crippen LogP) is 1.78. The highest BCUT2D eigenvalue weighted by Gasteiger charge is 2.13. The zero-order valence-electron chi connectivity index (χ0n) is 6.66. The third-order valence-corrected chi connectivity index (χ3v) is 2.11. The molecule has 68 valence electrons. The molecule has 3 nitrogen and oxygen atoms in total.